The van der Waals surface area contributed by atoms with Gasteiger partial charge in [-0.3, -0.25) is 0 Å². The Kier molecular flexibility index (Phi) is 4.77. The highest BCUT2D eigenvalue weighted by Gasteiger charge is 2.32. The van der Waals surface area contributed by atoms with Crippen molar-refractivity contribution in [3.8, 4) is 0 Å². The standard InChI is InChI=1S/C13H28N2O/c1-5-11-8-15(7-6-12(11)14)9-13(4,16)10(2)3/h10-12,16H,5-9,14H2,1-4H3. The number of aliphatic hydroxyl groups is 1. The maximum atomic E-state index is 10.3. The number of hydrogen-bond acceptors (Lipinski definition) is 3. The molecule has 0 bridgehead atoms. The van der Waals surface area contributed by atoms with Crippen LogP contribution in [0.15, 0.2) is 0 Å². The van der Waals surface area contributed by atoms with Gasteiger partial charge >= 0.3 is 0 Å². The lowest BCUT2D eigenvalue weighted by molar-refractivity contribution is -0.0296. The molecule has 0 saturated carbocycles. The minimum absolute atomic E-state index is 0.295. The Balaban J connectivity index is 2.50. The van der Waals surface area contributed by atoms with Crippen molar-refractivity contribution < 1.29 is 5.11 Å². The molecule has 0 aromatic heterocycles. The van der Waals surface area contributed by atoms with Crippen molar-refractivity contribution in [1.29, 1.82) is 0 Å². The smallest absolute Gasteiger partial charge is 0.0768 e. The number of rotatable bonds is 4. The van der Waals surface area contributed by atoms with Crippen molar-refractivity contribution in [2.24, 2.45) is 17.6 Å². The van der Waals surface area contributed by atoms with E-state index >= 15 is 0 Å². The van der Waals surface area contributed by atoms with Crippen LogP contribution >= 0.6 is 0 Å². The van der Waals surface area contributed by atoms with Gasteiger partial charge in [0.2, 0.25) is 0 Å². The highest BCUT2D eigenvalue weighted by Crippen LogP contribution is 2.23. The first kappa shape index (κ1) is 13.9. The second-order valence-corrected chi connectivity index (χ2v) is 5.87. The quantitative estimate of drug-likeness (QED) is 0.766. The maximum absolute atomic E-state index is 10.3. The lowest BCUT2D eigenvalue weighted by Crippen LogP contribution is -2.52. The molecule has 16 heavy (non-hydrogen) atoms. The van der Waals surface area contributed by atoms with Gasteiger partial charge in [0.1, 0.15) is 0 Å². The van der Waals surface area contributed by atoms with Crippen LogP contribution in [-0.4, -0.2) is 41.3 Å². The maximum Gasteiger partial charge on any atom is 0.0768 e. The number of nitrogens with two attached hydrogens (primary N) is 1. The van der Waals surface area contributed by atoms with E-state index in [0.29, 0.717) is 17.9 Å². The number of piperidine rings is 1. The molecule has 1 rings (SSSR count). The Labute approximate surface area is 100 Å². The van der Waals surface area contributed by atoms with Crippen molar-refractivity contribution in [3.05, 3.63) is 0 Å². The molecule has 3 unspecified atom stereocenters. The van der Waals surface area contributed by atoms with Crippen LogP contribution in [0.2, 0.25) is 0 Å². The molecule has 0 aliphatic carbocycles. The summed E-state index contributed by atoms with van der Waals surface area (Å²) in [6.07, 6.45) is 2.20. The second kappa shape index (κ2) is 5.48. The van der Waals surface area contributed by atoms with E-state index in [4.69, 9.17) is 5.73 Å². The monoisotopic (exact) mass is 228 g/mol. The van der Waals surface area contributed by atoms with Gasteiger partial charge in [-0.2, -0.15) is 0 Å². The fourth-order valence-electron chi connectivity index (χ4n) is 2.34. The number of likely N-dealkylation sites (tertiary alicyclic amines) is 1. The van der Waals surface area contributed by atoms with Gasteiger partial charge in [0.05, 0.1) is 5.60 Å². The van der Waals surface area contributed by atoms with E-state index < -0.39 is 5.60 Å². The molecule has 1 saturated heterocycles. The van der Waals surface area contributed by atoms with Gasteiger partial charge in [0.15, 0.2) is 0 Å². The largest absolute Gasteiger partial charge is 0.389 e. The molecule has 0 radical (unpaired) electrons. The zero-order valence-corrected chi connectivity index (χ0v) is 11.2. The van der Waals surface area contributed by atoms with E-state index in [-0.39, 0.29) is 0 Å². The van der Waals surface area contributed by atoms with Crippen LogP contribution in [-0.2, 0) is 0 Å². The molecule has 1 aliphatic rings. The molecule has 3 heteroatoms. The number of hydrogen-bond donors (Lipinski definition) is 2. The first-order valence-electron chi connectivity index (χ1n) is 6.57. The SMILES string of the molecule is CCC1CN(CC(C)(O)C(C)C)CCC1N. The van der Waals surface area contributed by atoms with Crippen LogP contribution in [0.1, 0.15) is 40.5 Å². The molecule has 1 heterocycles. The van der Waals surface area contributed by atoms with Gasteiger partial charge in [-0.25, -0.2) is 0 Å². The first-order valence-corrected chi connectivity index (χ1v) is 6.57. The molecule has 3 nitrogen and oxygen atoms in total. The zero-order chi connectivity index (χ0) is 12.3. The second-order valence-electron chi connectivity index (χ2n) is 5.87. The molecular formula is C13H28N2O. The van der Waals surface area contributed by atoms with E-state index in [0.717, 1.165) is 32.5 Å². The Bertz CT molecular complexity index is 216. The van der Waals surface area contributed by atoms with Gasteiger partial charge in [-0.05, 0) is 31.7 Å². The third kappa shape index (κ3) is 3.44. The van der Waals surface area contributed by atoms with Crippen molar-refractivity contribution in [3.63, 3.8) is 0 Å². The first-order chi connectivity index (χ1) is 7.36. The molecule has 96 valence electrons. The van der Waals surface area contributed by atoms with Crippen LogP contribution in [0, 0.1) is 11.8 Å². The zero-order valence-electron chi connectivity index (χ0n) is 11.2. The molecule has 0 amide bonds. The van der Waals surface area contributed by atoms with Crippen LogP contribution in [0.3, 0.4) is 0 Å². The molecule has 0 spiro atoms. The Morgan fingerprint density at radius 2 is 2.12 bits per heavy atom. The summed E-state index contributed by atoms with van der Waals surface area (Å²) in [6, 6.07) is 0.352. The highest BCUT2D eigenvalue weighted by atomic mass is 16.3. The minimum atomic E-state index is -0.584. The van der Waals surface area contributed by atoms with Gasteiger partial charge in [0, 0.05) is 19.1 Å². The fourth-order valence-corrected chi connectivity index (χ4v) is 2.34. The summed E-state index contributed by atoms with van der Waals surface area (Å²) in [5, 5.41) is 10.3. The van der Waals surface area contributed by atoms with Crippen molar-refractivity contribution in [2.45, 2.75) is 52.2 Å². The van der Waals surface area contributed by atoms with Gasteiger partial charge < -0.3 is 15.7 Å². The summed E-state index contributed by atoms with van der Waals surface area (Å²) in [4.78, 5) is 2.37. The van der Waals surface area contributed by atoms with Crippen molar-refractivity contribution in [2.75, 3.05) is 19.6 Å². The van der Waals surface area contributed by atoms with E-state index in [2.05, 4.69) is 25.7 Å². The normalized spacial score (nSPS) is 31.7. The van der Waals surface area contributed by atoms with E-state index in [1.807, 2.05) is 6.92 Å². The lowest BCUT2D eigenvalue weighted by Gasteiger charge is -2.41. The van der Waals surface area contributed by atoms with Crippen LogP contribution < -0.4 is 5.73 Å². The average Bonchev–Trinajstić information content (AvgIpc) is 2.20. The molecule has 0 aromatic carbocycles. The molecular weight excluding hydrogens is 200 g/mol. The fraction of sp³-hybridized carbons (Fsp3) is 1.00. The van der Waals surface area contributed by atoms with Crippen LogP contribution in [0.4, 0.5) is 0 Å². The Morgan fingerprint density at radius 1 is 1.50 bits per heavy atom. The van der Waals surface area contributed by atoms with Crippen molar-refractivity contribution >= 4 is 0 Å². The van der Waals surface area contributed by atoms with Crippen molar-refractivity contribution in [1.82, 2.24) is 4.90 Å². The molecule has 3 atom stereocenters. The van der Waals surface area contributed by atoms with Crippen LogP contribution in [0.5, 0.6) is 0 Å². The summed E-state index contributed by atoms with van der Waals surface area (Å²) in [6.45, 7) is 11.1. The third-order valence-electron chi connectivity index (χ3n) is 4.19. The molecule has 0 aromatic rings. The third-order valence-corrected chi connectivity index (χ3v) is 4.19. The molecule has 3 N–H and O–H groups in total. The summed E-state index contributed by atoms with van der Waals surface area (Å²) >= 11 is 0. The van der Waals surface area contributed by atoms with Gasteiger partial charge in [-0.15, -0.1) is 0 Å². The average molecular weight is 228 g/mol. The summed E-state index contributed by atoms with van der Waals surface area (Å²) in [7, 11) is 0. The van der Waals surface area contributed by atoms with Crippen LogP contribution in [0.25, 0.3) is 0 Å². The number of β-amino-alcohol motifs (C(OH)–C–C–N with tert-alkyl or cyclic N) is 1. The van der Waals surface area contributed by atoms with Gasteiger partial charge in [0.25, 0.3) is 0 Å². The predicted molar refractivity (Wildman–Crippen MR) is 68.3 cm³/mol. The minimum Gasteiger partial charge on any atom is -0.389 e. The van der Waals surface area contributed by atoms with E-state index in [1.54, 1.807) is 0 Å². The topological polar surface area (TPSA) is 49.5 Å². The summed E-state index contributed by atoms with van der Waals surface area (Å²) in [5.74, 6) is 0.889. The molecule has 1 fully saturated rings. The van der Waals surface area contributed by atoms with Gasteiger partial charge in [-0.1, -0.05) is 27.2 Å². The lowest BCUT2D eigenvalue weighted by atomic mass is 9.87. The van der Waals surface area contributed by atoms with E-state index in [9.17, 15) is 5.11 Å². The Hall–Kier alpha value is -0.120. The molecule has 1 aliphatic heterocycles. The Morgan fingerprint density at radius 3 is 2.62 bits per heavy atom. The summed E-state index contributed by atoms with van der Waals surface area (Å²) < 4.78 is 0. The summed E-state index contributed by atoms with van der Waals surface area (Å²) in [5.41, 5.74) is 5.50. The highest BCUT2D eigenvalue weighted by molar-refractivity contribution is 4.87. The predicted octanol–water partition coefficient (Wildman–Crippen LogP) is 1.45. The number of nitrogens with zero attached hydrogens (tertiary/aromatic N) is 1. The van der Waals surface area contributed by atoms with E-state index in [1.165, 1.54) is 0 Å².